The molecule has 0 aliphatic carbocycles. The van der Waals surface area contributed by atoms with E-state index in [1.54, 1.807) is 6.07 Å². The third kappa shape index (κ3) is 4.06. The molecule has 2 heterocycles. The number of thiophene rings is 1. The minimum absolute atomic E-state index is 0.309. The molecule has 0 aliphatic rings. The number of rotatable bonds is 8. The summed E-state index contributed by atoms with van der Waals surface area (Å²) < 4.78 is 5.12. The molecule has 0 aromatic carbocycles. The van der Waals surface area contributed by atoms with Crippen molar-refractivity contribution < 1.29 is 4.42 Å². The molecule has 0 fully saturated rings. The number of fused-ring (bicyclic) bond motifs is 1. The molecule has 5 heteroatoms. The molecular weight excluding hydrogens is 260 g/mol. The standard InChI is InChI=1S/C14H20N2O2S/c1-2-3-4-5-6-7-9-15-14-16-12-11(8-10-19-12)13(17)18-14/h8,10H,2-7,9H2,1H3,(H,15,16). The summed E-state index contributed by atoms with van der Waals surface area (Å²) in [5.74, 6) is 0. The third-order valence-electron chi connectivity index (χ3n) is 3.06. The van der Waals surface area contributed by atoms with Crippen molar-refractivity contribution in [1.82, 2.24) is 4.98 Å². The molecule has 19 heavy (non-hydrogen) atoms. The van der Waals surface area contributed by atoms with Crippen LogP contribution in [-0.2, 0) is 0 Å². The maximum absolute atomic E-state index is 11.6. The molecular formula is C14H20N2O2S. The first-order valence-corrected chi connectivity index (χ1v) is 7.81. The van der Waals surface area contributed by atoms with Crippen molar-refractivity contribution in [2.75, 3.05) is 11.9 Å². The summed E-state index contributed by atoms with van der Waals surface area (Å²) in [6, 6.07) is 2.09. The van der Waals surface area contributed by atoms with E-state index in [0.717, 1.165) is 17.8 Å². The molecule has 2 aromatic rings. The molecule has 0 spiro atoms. The van der Waals surface area contributed by atoms with Gasteiger partial charge in [-0.05, 0) is 17.9 Å². The number of unbranched alkanes of at least 4 members (excludes halogenated alkanes) is 5. The zero-order valence-electron chi connectivity index (χ0n) is 11.3. The Morgan fingerprint density at radius 3 is 2.89 bits per heavy atom. The van der Waals surface area contributed by atoms with Crippen LogP contribution in [0.2, 0.25) is 0 Å². The van der Waals surface area contributed by atoms with E-state index >= 15 is 0 Å². The zero-order chi connectivity index (χ0) is 13.5. The van der Waals surface area contributed by atoms with Crippen molar-refractivity contribution in [1.29, 1.82) is 0 Å². The second-order valence-corrected chi connectivity index (χ2v) is 5.54. The summed E-state index contributed by atoms with van der Waals surface area (Å²) in [6.45, 7) is 3.02. The molecule has 0 unspecified atom stereocenters. The lowest BCUT2D eigenvalue weighted by atomic mass is 10.1. The minimum atomic E-state index is -0.309. The fourth-order valence-corrected chi connectivity index (χ4v) is 2.72. The number of aromatic nitrogens is 1. The molecule has 0 aliphatic heterocycles. The van der Waals surface area contributed by atoms with Crippen molar-refractivity contribution >= 4 is 27.6 Å². The van der Waals surface area contributed by atoms with E-state index < -0.39 is 0 Å². The number of anilines is 1. The number of hydrogen-bond donors (Lipinski definition) is 1. The lowest BCUT2D eigenvalue weighted by Gasteiger charge is -2.03. The molecule has 2 aromatic heterocycles. The van der Waals surface area contributed by atoms with Crippen LogP contribution in [-0.4, -0.2) is 11.5 Å². The van der Waals surface area contributed by atoms with Gasteiger partial charge in [0, 0.05) is 6.54 Å². The Kier molecular flexibility index (Phi) is 5.39. The Hall–Kier alpha value is -1.36. The van der Waals surface area contributed by atoms with Gasteiger partial charge in [-0.25, -0.2) is 4.79 Å². The van der Waals surface area contributed by atoms with E-state index in [1.165, 1.54) is 43.4 Å². The van der Waals surface area contributed by atoms with Crippen molar-refractivity contribution in [2.24, 2.45) is 0 Å². The van der Waals surface area contributed by atoms with Crippen molar-refractivity contribution in [2.45, 2.75) is 45.4 Å². The third-order valence-corrected chi connectivity index (χ3v) is 3.87. The van der Waals surface area contributed by atoms with Gasteiger partial charge >= 0.3 is 5.63 Å². The van der Waals surface area contributed by atoms with Gasteiger partial charge in [-0.1, -0.05) is 39.0 Å². The topological polar surface area (TPSA) is 55.1 Å². The quantitative estimate of drug-likeness (QED) is 0.742. The lowest BCUT2D eigenvalue weighted by Crippen LogP contribution is -2.08. The Morgan fingerprint density at radius 1 is 1.26 bits per heavy atom. The molecule has 0 amide bonds. The Balaban J connectivity index is 1.77. The van der Waals surface area contributed by atoms with Gasteiger partial charge in [0.1, 0.15) is 4.83 Å². The van der Waals surface area contributed by atoms with Gasteiger partial charge in [0.2, 0.25) is 0 Å². The fraction of sp³-hybridized carbons (Fsp3) is 0.571. The van der Waals surface area contributed by atoms with Gasteiger partial charge in [0.15, 0.2) is 0 Å². The summed E-state index contributed by atoms with van der Waals surface area (Å²) in [4.78, 5) is 16.6. The van der Waals surface area contributed by atoms with Gasteiger partial charge in [0.25, 0.3) is 6.01 Å². The summed E-state index contributed by atoms with van der Waals surface area (Å²) >= 11 is 1.46. The largest absolute Gasteiger partial charge is 0.389 e. The average Bonchev–Trinajstić information content (AvgIpc) is 2.86. The smallest absolute Gasteiger partial charge is 0.349 e. The van der Waals surface area contributed by atoms with Crippen LogP contribution >= 0.6 is 11.3 Å². The molecule has 0 bridgehead atoms. The summed E-state index contributed by atoms with van der Waals surface area (Å²) in [7, 11) is 0. The van der Waals surface area contributed by atoms with Crippen LogP contribution in [0.25, 0.3) is 10.2 Å². The fourth-order valence-electron chi connectivity index (χ4n) is 1.98. The zero-order valence-corrected chi connectivity index (χ0v) is 12.1. The highest BCUT2D eigenvalue weighted by atomic mass is 32.1. The number of nitrogens with zero attached hydrogens (tertiary/aromatic N) is 1. The van der Waals surface area contributed by atoms with Crippen LogP contribution in [0.15, 0.2) is 20.7 Å². The van der Waals surface area contributed by atoms with E-state index in [-0.39, 0.29) is 5.63 Å². The van der Waals surface area contributed by atoms with E-state index in [2.05, 4.69) is 17.2 Å². The van der Waals surface area contributed by atoms with E-state index in [4.69, 9.17) is 4.42 Å². The lowest BCUT2D eigenvalue weighted by molar-refractivity contribution is 0.514. The highest BCUT2D eigenvalue weighted by Crippen LogP contribution is 2.16. The van der Waals surface area contributed by atoms with Gasteiger partial charge in [0.05, 0.1) is 5.39 Å². The van der Waals surface area contributed by atoms with Crippen LogP contribution in [0, 0.1) is 0 Å². The predicted molar refractivity (Wildman–Crippen MR) is 80.0 cm³/mol. The van der Waals surface area contributed by atoms with Crippen molar-refractivity contribution in [3.05, 3.63) is 21.9 Å². The molecule has 1 N–H and O–H groups in total. The van der Waals surface area contributed by atoms with Crippen LogP contribution in [0.3, 0.4) is 0 Å². The molecule has 0 saturated heterocycles. The SMILES string of the molecule is CCCCCCCCNc1nc2sccc2c(=O)o1. The molecule has 2 rings (SSSR count). The average molecular weight is 280 g/mol. The maximum Gasteiger partial charge on any atom is 0.349 e. The maximum atomic E-state index is 11.6. The number of nitrogens with one attached hydrogen (secondary N) is 1. The molecule has 0 atom stereocenters. The Labute approximate surface area is 116 Å². The van der Waals surface area contributed by atoms with Crippen LogP contribution in [0.1, 0.15) is 45.4 Å². The monoisotopic (exact) mass is 280 g/mol. The molecule has 4 nitrogen and oxygen atoms in total. The van der Waals surface area contributed by atoms with Gasteiger partial charge in [-0.15, -0.1) is 11.3 Å². The normalized spacial score (nSPS) is 11.0. The van der Waals surface area contributed by atoms with Gasteiger partial charge in [-0.2, -0.15) is 4.98 Å². The van der Waals surface area contributed by atoms with Crippen LogP contribution < -0.4 is 10.9 Å². The van der Waals surface area contributed by atoms with Crippen molar-refractivity contribution in [3.8, 4) is 0 Å². The first kappa shape index (κ1) is 14.1. The second-order valence-electron chi connectivity index (χ2n) is 4.64. The number of hydrogen-bond acceptors (Lipinski definition) is 5. The highest BCUT2D eigenvalue weighted by Gasteiger charge is 2.06. The summed E-state index contributed by atoms with van der Waals surface area (Å²) in [6.07, 6.45) is 7.46. The Bertz CT molecular complexity index is 562. The van der Waals surface area contributed by atoms with E-state index in [0.29, 0.717) is 11.4 Å². The molecule has 0 radical (unpaired) electrons. The van der Waals surface area contributed by atoms with E-state index in [9.17, 15) is 4.79 Å². The van der Waals surface area contributed by atoms with Crippen molar-refractivity contribution in [3.63, 3.8) is 0 Å². The first-order valence-electron chi connectivity index (χ1n) is 6.93. The minimum Gasteiger partial charge on any atom is -0.389 e. The Morgan fingerprint density at radius 2 is 2.05 bits per heavy atom. The second kappa shape index (κ2) is 7.28. The molecule has 0 saturated carbocycles. The molecule has 104 valence electrons. The summed E-state index contributed by atoms with van der Waals surface area (Å²) in [5, 5.41) is 5.51. The van der Waals surface area contributed by atoms with Crippen LogP contribution in [0.5, 0.6) is 0 Å². The van der Waals surface area contributed by atoms with Crippen LogP contribution in [0.4, 0.5) is 6.01 Å². The summed E-state index contributed by atoms with van der Waals surface area (Å²) in [5.41, 5.74) is -0.309. The highest BCUT2D eigenvalue weighted by molar-refractivity contribution is 7.16. The van der Waals surface area contributed by atoms with Gasteiger partial charge < -0.3 is 9.73 Å². The first-order chi connectivity index (χ1) is 9.31. The van der Waals surface area contributed by atoms with Gasteiger partial charge in [-0.3, -0.25) is 0 Å². The van der Waals surface area contributed by atoms with E-state index in [1.807, 2.05) is 5.38 Å². The predicted octanol–water partition coefficient (Wildman–Crippen LogP) is 4.02.